The first-order valence-electron chi connectivity index (χ1n) is 10.0. The van der Waals surface area contributed by atoms with E-state index < -0.39 is 0 Å². The highest BCUT2D eigenvalue weighted by atomic mass is 32.1. The van der Waals surface area contributed by atoms with Gasteiger partial charge in [-0.25, -0.2) is 0 Å². The lowest BCUT2D eigenvalue weighted by atomic mass is 9.90. The Morgan fingerprint density at radius 3 is 2.41 bits per heavy atom. The van der Waals surface area contributed by atoms with Gasteiger partial charge < -0.3 is 10.4 Å². The van der Waals surface area contributed by atoms with Crippen molar-refractivity contribution in [1.82, 2.24) is 0 Å². The maximum Gasteiger partial charge on any atom is 0.224 e. The van der Waals surface area contributed by atoms with Crippen LogP contribution in [-0.2, 0) is 9.59 Å². The number of benzene rings is 1. The van der Waals surface area contributed by atoms with Gasteiger partial charge in [0.2, 0.25) is 5.91 Å². The molecule has 1 aromatic carbocycles. The molecule has 0 fully saturated rings. The molecule has 0 saturated carbocycles. The molecule has 0 bridgehead atoms. The van der Waals surface area contributed by atoms with Crippen molar-refractivity contribution < 1.29 is 14.7 Å². The van der Waals surface area contributed by atoms with Crippen molar-refractivity contribution in [2.45, 2.75) is 71.1 Å². The predicted molar refractivity (Wildman–Crippen MR) is 115 cm³/mol. The smallest absolute Gasteiger partial charge is 0.224 e. The lowest BCUT2D eigenvalue weighted by Gasteiger charge is -2.16. The van der Waals surface area contributed by atoms with Crippen LogP contribution in [0.3, 0.4) is 0 Å². The summed E-state index contributed by atoms with van der Waals surface area (Å²) >= 11 is 5.55. The molecule has 1 amide bonds. The van der Waals surface area contributed by atoms with E-state index in [0.29, 0.717) is 18.8 Å². The molecular weight excluding hydrogens is 358 g/mol. The highest BCUT2D eigenvalue weighted by Gasteiger charge is 2.12. The van der Waals surface area contributed by atoms with Crippen LogP contribution in [0.25, 0.3) is 0 Å². The number of aliphatic hydroxyl groups excluding tert-OH is 1. The summed E-state index contributed by atoms with van der Waals surface area (Å²) in [4.78, 5) is 24.2. The average molecular weight is 392 g/mol. The fourth-order valence-corrected chi connectivity index (χ4v) is 3.58. The molecule has 27 heavy (non-hydrogen) atoms. The minimum Gasteiger partial charge on any atom is -0.389 e. The van der Waals surface area contributed by atoms with Crippen molar-refractivity contribution in [1.29, 1.82) is 0 Å². The molecule has 0 radical (unpaired) electrons. The highest BCUT2D eigenvalue weighted by Crippen LogP contribution is 2.21. The van der Waals surface area contributed by atoms with Crippen LogP contribution in [0, 0.1) is 5.92 Å². The molecule has 0 aliphatic heterocycles. The van der Waals surface area contributed by atoms with Crippen LogP contribution < -0.4 is 5.32 Å². The zero-order valence-electron chi connectivity index (χ0n) is 16.4. The standard InChI is InChI=1S/C22H33NO3S/c1-2-9-18(10-8-13-20(25)17-24)16-21(27)14-6-7-15-22(26)23-19-11-4-3-5-12-19/h3-5,11-12,18,24H,2,6-10,13-17H2,1H3,(H,23,26)/t18-/m0/s1. The number of hydrogen-bond acceptors (Lipinski definition) is 4. The number of carbonyl (C=O) groups excluding carboxylic acids is 2. The van der Waals surface area contributed by atoms with Gasteiger partial charge in [-0.05, 0) is 61.4 Å². The number of rotatable bonds is 15. The molecule has 0 aliphatic carbocycles. The van der Waals surface area contributed by atoms with Gasteiger partial charge in [-0.15, -0.1) is 0 Å². The van der Waals surface area contributed by atoms with Gasteiger partial charge >= 0.3 is 0 Å². The minimum absolute atomic E-state index is 0.0459. The van der Waals surface area contributed by atoms with Crippen molar-refractivity contribution in [3.05, 3.63) is 30.3 Å². The van der Waals surface area contributed by atoms with E-state index in [2.05, 4.69) is 12.2 Å². The zero-order chi connectivity index (χ0) is 19.9. The van der Waals surface area contributed by atoms with Gasteiger partial charge in [-0.3, -0.25) is 9.59 Å². The summed E-state index contributed by atoms with van der Waals surface area (Å²) < 4.78 is 0. The Morgan fingerprint density at radius 2 is 1.74 bits per heavy atom. The number of ketones is 1. The van der Waals surface area contributed by atoms with Crippen LogP contribution in [0.15, 0.2) is 30.3 Å². The van der Waals surface area contributed by atoms with Gasteiger partial charge in [0.25, 0.3) is 0 Å². The summed E-state index contributed by atoms with van der Waals surface area (Å²) in [6.07, 6.45) is 8.58. The molecule has 0 unspecified atom stereocenters. The van der Waals surface area contributed by atoms with Gasteiger partial charge in [0.05, 0.1) is 0 Å². The van der Waals surface area contributed by atoms with Crippen LogP contribution in [0.4, 0.5) is 5.69 Å². The Labute approximate surface area is 168 Å². The Morgan fingerprint density at radius 1 is 1.04 bits per heavy atom. The number of hydrogen-bond donors (Lipinski definition) is 2. The summed E-state index contributed by atoms with van der Waals surface area (Å²) in [5, 5.41) is 11.7. The van der Waals surface area contributed by atoms with E-state index in [0.717, 1.165) is 61.9 Å². The monoisotopic (exact) mass is 391 g/mol. The highest BCUT2D eigenvalue weighted by molar-refractivity contribution is 7.80. The fraction of sp³-hybridized carbons (Fsp3) is 0.591. The second-order valence-electron chi connectivity index (χ2n) is 7.11. The van der Waals surface area contributed by atoms with Gasteiger partial charge in [0.1, 0.15) is 6.61 Å². The summed E-state index contributed by atoms with van der Waals surface area (Å²) in [6.45, 7) is 1.81. The lowest BCUT2D eigenvalue weighted by molar-refractivity contribution is -0.122. The molecule has 0 spiro atoms. The Hall–Kier alpha value is -1.59. The molecule has 2 N–H and O–H groups in total. The van der Waals surface area contributed by atoms with Gasteiger partial charge in [-0.1, -0.05) is 50.2 Å². The maximum absolute atomic E-state index is 11.9. The number of nitrogens with one attached hydrogen (secondary N) is 1. The van der Waals surface area contributed by atoms with Crippen LogP contribution in [0.5, 0.6) is 0 Å². The van der Waals surface area contributed by atoms with Crippen molar-refractivity contribution in [2.24, 2.45) is 5.92 Å². The maximum atomic E-state index is 11.9. The first-order valence-corrected chi connectivity index (χ1v) is 10.4. The number of anilines is 1. The van der Waals surface area contributed by atoms with Crippen LogP contribution in [0.2, 0.25) is 0 Å². The largest absolute Gasteiger partial charge is 0.389 e. The van der Waals surface area contributed by atoms with Crippen molar-refractivity contribution in [2.75, 3.05) is 11.9 Å². The number of para-hydroxylation sites is 1. The third kappa shape index (κ3) is 11.7. The third-order valence-corrected chi connectivity index (χ3v) is 5.00. The average Bonchev–Trinajstić information content (AvgIpc) is 2.66. The van der Waals surface area contributed by atoms with Crippen molar-refractivity contribution in [3.8, 4) is 0 Å². The molecule has 0 aliphatic rings. The van der Waals surface area contributed by atoms with E-state index in [1.165, 1.54) is 0 Å². The summed E-state index contributed by atoms with van der Waals surface area (Å²) in [5.41, 5.74) is 0.833. The number of thiocarbonyl (C=S) groups is 1. The van der Waals surface area contributed by atoms with Crippen molar-refractivity contribution in [3.63, 3.8) is 0 Å². The molecular formula is C22H33NO3S. The van der Waals surface area contributed by atoms with E-state index in [1.54, 1.807) is 0 Å². The lowest BCUT2D eigenvalue weighted by Crippen LogP contribution is -2.12. The molecule has 1 atom stereocenters. The number of amides is 1. The summed E-state index contributed by atoms with van der Waals surface area (Å²) in [7, 11) is 0. The second kappa shape index (κ2) is 14.5. The van der Waals surface area contributed by atoms with Crippen LogP contribution in [0.1, 0.15) is 71.1 Å². The molecule has 0 saturated heterocycles. The number of aliphatic hydroxyl groups is 1. The Kier molecular flexibility index (Phi) is 12.6. The molecule has 1 rings (SSSR count). The number of carbonyl (C=O) groups is 2. The van der Waals surface area contributed by atoms with E-state index in [1.807, 2.05) is 30.3 Å². The minimum atomic E-state index is -0.352. The molecule has 1 aromatic rings. The normalized spacial score (nSPS) is 11.8. The van der Waals surface area contributed by atoms with Gasteiger partial charge in [-0.2, -0.15) is 0 Å². The summed E-state index contributed by atoms with van der Waals surface area (Å²) in [5.74, 6) is 0.488. The molecule has 0 aromatic heterocycles. The van der Waals surface area contributed by atoms with E-state index in [-0.39, 0.29) is 18.3 Å². The molecule has 150 valence electrons. The Bertz CT molecular complexity index is 574. The van der Waals surface area contributed by atoms with Crippen molar-refractivity contribution >= 4 is 34.5 Å². The van der Waals surface area contributed by atoms with Crippen LogP contribution >= 0.6 is 12.2 Å². The SMILES string of the molecule is CCC[C@@H](CCCC(=O)CO)CC(=S)CCCCC(=O)Nc1ccccc1. The topological polar surface area (TPSA) is 66.4 Å². The molecule has 4 nitrogen and oxygen atoms in total. The van der Waals surface area contributed by atoms with Crippen LogP contribution in [-0.4, -0.2) is 28.3 Å². The quantitative estimate of drug-likeness (QED) is 0.323. The fourth-order valence-electron chi connectivity index (χ4n) is 3.20. The van der Waals surface area contributed by atoms with E-state index >= 15 is 0 Å². The zero-order valence-corrected chi connectivity index (χ0v) is 17.2. The first-order chi connectivity index (χ1) is 13.0. The second-order valence-corrected chi connectivity index (χ2v) is 7.69. The number of Topliss-reactive ketones (excluding diaryl/α,β-unsaturated/α-hetero) is 1. The van der Waals surface area contributed by atoms with E-state index in [9.17, 15) is 9.59 Å². The first kappa shape index (κ1) is 23.4. The van der Waals surface area contributed by atoms with Gasteiger partial charge in [0, 0.05) is 18.5 Å². The molecule has 0 heterocycles. The van der Waals surface area contributed by atoms with E-state index in [4.69, 9.17) is 17.3 Å². The predicted octanol–water partition coefficient (Wildman–Crippen LogP) is 5.09. The third-order valence-electron chi connectivity index (χ3n) is 4.62. The summed E-state index contributed by atoms with van der Waals surface area (Å²) in [6, 6.07) is 9.50. The Balaban J connectivity index is 2.19. The number of unbranched alkanes of at least 4 members (excludes halogenated alkanes) is 1. The molecule has 5 heteroatoms. The van der Waals surface area contributed by atoms with Gasteiger partial charge in [0.15, 0.2) is 5.78 Å².